The molecule has 0 aromatic heterocycles. The van der Waals surface area contributed by atoms with Crippen LogP contribution in [0.2, 0.25) is 0 Å². The fraction of sp³-hybridized carbons (Fsp3) is 0.625. The first-order chi connectivity index (χ1) is 15.2. The Morgan fingerprint density at radius 3 is 1.74 bits per heavy atom. The molecule has 27 heavy (non-hydrogen) atoms. The molecule has 0 saturated carbocycles. The maximum Gasteiger partial charge on any atom is 0.303 e. The summed E-state index contributed by atoms with van der Waals surface area (Å²) in [6, 6.07) is 0. The number of esters is 5. The van der Waals surface area contributed by atoms with Crippen LogP contribution >= 0.6 is 0 Å². The zero-order chi connectivity index (χ0) is 24.7. The molecular weight excluding hydrogens is 368 g/mol. The predicted molar refractivity (Wildman–Crippen MR) is 84.9 cm³/mol. The van der Waals surface area contributed by atoms with Gasteiger partial charge < -0.3 is 23.7 Å². The largest absolute Gasteiger partial charge is 0.462 e. The van der Waals surface area contributed by atoms with Gasteiger partial charge in [0.05, 0.1) is 0 Å². The Kier molecular flexibility index (Phi) is 6.97. The minimum absolute atomic E-state index is 0.0455. The van der Waals surface area contributed by atoms with Gasteiger partial charge in [0.15, 0.2) is 30.7 Å². The molecule has 0 amide bonds. The molecule has 11 nitrogen and oxygen atoms in total. The summed E-state index contributed by atoms with van der Waals surface area (Å²) in [5.41, 5.74) is 0. The lowest BCUT2D eigenvalue weighted by atomic mass is 10.0. The molecule has 0 rings (SSSR count). The molecule has 0 saturated heterocycles. The number of rotatable bonds is 10. The highest BCUT2D eigenvalue weighted by Gasteiger charge is 2.43. The Labute approximate surface area is 162 Å². The maximum absolute atomic E-state index is 11.8. The molecule has 0 aliphatic carbocycles. The van der Waals surface area contributed by atoms with E-state index in [-0.39, 0.29) is 6.29 Å². The van der Waals surface area contributed by atoms with Gasteiger partial charge >= 0.3 is 29.8 Å². The second-order valence-electron chi connectivity index (χ2n) is 4.71. The van der Waals surface area contributed by atoms with E-state index in [0.717, 1.165) is 0 Å². The summed E-state index contributed by atoms with van der Waals surface area (Å²) < 4.78 is 59.2. The molecule has 0 unspecified atom stereocenters. The quantitative estimate of drug-likeness (QED) is 0.267. The Hall–Kier alpha value is -2.98. The topological polar surface area (TPSA) is 149 Å². The summed E-state index contributed by atoms with van der Waals surface area (Å²) in [6.45, 7) is -5.60. The Morgan fingerprint density at radius 1 is 0.741 bits per heavy atom. The molecule has 11 heteroatoms. The van der Waals surface area contributed by atoms with Crippen LogP contribution in [0, 0.1) is 0 Å². The zero-order valence-electron chi connectivity index (χ0n) is 19.1. The third-order valence-electron chi connectivity index (χ3n) is 2.64. The predicted octanol–water partition coefficient (Wildman–Crippen LogP) is -0.525. The van der Waals surface area contributed by atoms with Crippen molar-refractivity contribution in [1.29, 1.82) is 0 Å². The fourth-order valence-corrected chi connectivity index (χ4v) is 1.84. The van der Waals surface area contributed by atoms with E-state index in [1.807, 2.05) is 0 Å². The number of ether oxygens (including phenoxy) is 5. The van der Waals surface area contributed by atoms with Crippen LogP contribution in [-0.4, -0.2) is 67.2 Å². The van der Waals surface area contributed by atoms with E-state index in [4.69, 9.17) is 25.8 Å². The van der Waals surface area contributed by atoms with E-state index >= 15 is 0 Å². The van der Waals surface area contributed by atoms with Crippen molar-refractivity contribution in [3.8, 4) is 0 Å². The molecule has 0 aromatic carbocycles. The van der Waals surface area contributed by atoms with Crippen LogP contribution in [0.3, 0.4) is 0 Å². The maximum atomic E-state index is 11.8. The lowest BCUT2D eigenvalue weighted by Gasteiger charge is -2.33. The summed E-state index contributed by atoms with van der Waals surface area (Å²) in [7, 11) is 0. The first kappa shape index (κ1) is 16.2. The molecule has 0 N–H and O–H groups in total. The van der Waals surface area contributed by atoms with Crippen molar-refractivity contribution in [3.05, 3.63) is 0 Å². The Balaban J connectivity index is 6.32. The van der Waals surface area contributed by atoms with Crippen LogP contribution in [-0.2, 0) is 52.5 Å². The highest BCUT2D eigenvalue weighted by Crippen LogP contribution is 2.19. The number of hydrogen-bond donors (Lipinski definition) is 0. The van der Waals surface area contributed by atoms with Gasteiger partial charge in [0.1, 0.15) is 6.61 Å². The van der Waals surface area contributed by atoms with Crippen LogP contribution < -0.4 is 0 Å². The first-order valence-electron chi connectivity index (χ1n) is 10.6. The standard InChI is InChI=1S/C16H22O11/c1-8(18)23-7-14(25-10(3)20)16(27-12(5)22)15(26-11(4)21)13(6-17)24-9(2)19/h6,13-16H,7H2,1-5H3/t13-,14+,15+,16-/m0/s1/i1D,2D,3D,4D,5D. The van der Waals surface area contributed by atoms with Gasteiger partial charge in [0.25, 0.3) is 0 Å². The average molecular weight is 395 g/mol. The molecule has 0 fully saturated rings. The summed E-state index contributed by atoms with van der Waals surface area (Å²) in [6.07, 6.45) is -7.95. The molecule has 0 bridgehead atoms. The van der Waals surface area contributed by atoms with Crippen molar-refractivity contribution in [2.75, 3.05) is 6.61 Å². The first-order valence-corrected chi connectivity index (χ1v) is 7.02. The lowest BCUT2D eigenvalue weighted by Crippen LogP contribution is -2.53. The molecule has 152 valence electrons. The van der Waals surface area contributed by atoms with Crippen LogP contribution in [0.15, 0.2) is 0 Å². The SMILES string of the molecule is [2H]CC(=O)OC[C@@H](OC(=O)C[2H])[C@H](OC(=O)C[2H])[C@H](OC(=O)C[2H])[C@H](C=O)OC(=O)C[2H]. The molecule has 0 aromatic rings. The summed E-state index contributed by atoms with van der Waals surface area (Å²) >= 11 is 0. The van der Waals surface area contributed by atoms with E-state index in [1.54, 1.807) is 0 Å². The molecule has 0 radical (unpaired) electrons. The number of carbonyl (C=O) groups is 6. The molecule has 0 aliphatic heterocycles. The van der Waals surface area contributed by atoms with Crippen LogP contribution in [0.4, 0.5) is 0 Å². The van der Waals surface area contributed by atoms with Gasteiger partial charge in [0.2, 0.25) is 0 Å². The molecular formula is C16H22O11. The average Bonchev–Trinajstić information content (AvgIpc) is 2.81. The number of hydrogen-bond acceptors (Lipinski definition) is 11. The Morgan fingerprint density at radius 2 is 1.22 bits per heavy atom. The summed E-state index contributed by atoms with van der Waals surface area (Å²) in [5, 5.41) is 0. The molecule has 0 aliphatic rings. The number of carbonyl (C=O) groups excluding carboxylic acids is 6. The van der Waals surface area contributed by atoms with Crippen LogP contribution in [0.5, 0.6) is 0 Å². The summed E-state index contributed by atoms with van der Waals surface area (Å²) in [4.78, 5) is 69.6. The minimum atomic E-state index is -2.05. The van der Waals surface area contributed by atoms with Crippen molar-refractivity contribution in [1.82, 2.24) is 0 Å². The third kappa shape index (κ3) is 9.92. The van der Waals surface area contributed by atoms with E-state index in [0.29, 0.717) is 0 Å². The minimum Gasteiger partial charge on any atom is -0.462 e. The van der Waals surface area contributed by atoms with Crippen molar-refractivity contribution in [2.24, 2.45) is 0 Å². The van der Waals surface area contributed by atoms with Gasteiger partial charge in [-0.2, -0.15) is 0 Å². The number of aldehydes is 1. The van der Waals surface area contributed by atoms with Crippen molar-refractivity contribution < 1.29 is 59.3 Å². The van der Waals surface area contributed by atoms with Crippen molar-refractivity contribution in [2.45, 2.75) is 58.9 Å². The van der Waals surface area contributed by atoms with E-state index in [2.05, 4.69) is 4.74 Å². The van der Waals surface area contributed by atoms with E-state index in [1.165, 1.54) is 0 Å². The smallest absolute Gasteiger partial charge is 0.303 e. The normalized spacial score (nSPS) is 17.0. The van der Waals surface area contributed by atoms with E-state index in [9.17, 15) is 28.8 Å². The lowest BCUT2D eigenvalue weighted by molar-refractivity contribution is -0.201. The fourth-order valence-electron chi connectivity index (χ4n) is 1.84. The van der Waals surface area contributed by atoms with Gasteiger partial charge in [0, 0.05) is 41.4 Å². The Bertz CT molecular complexity index is 675. The van der Waals surface area contributed by atoms with Crippen LogP contribution in [0.25, 0.3) is 0 Å². The monoisotopic (exact) mass is 395 g/mol. The van der Waals surface area contributed by atoms with Gasteiger partial charge in [-0.3, -0.25) is 28.8 Å². The van der Waals surface area contributed by atoms with Gasteiger partial charge in [-0.1, -0.05) is 0 Å². The zero-order valence-corrected chi connectivity index (χ0v) is 14.1. The van der Waals surface area contributed by atoms with Crippen molar-refractivity contribution >= 4 is 36.1 Å². The van der Waals surface area contributed by atoms with Crippen LogP contribution in [0.1, 0.15) is 41.4 Å². The van der Waals surface area contributed by atoms with Crippen molar-refractivity contribution in [3.63, 3.8) is 0 Å². The molecule has 0 heterocycles. The molecule has 4 atom stereocenters. The highest BCUT2D eigenvalue weighted by molar-refractivity contribution is 5.72. The van der Waals surface area contributed by atoms with Gasteiger partial charge in [-0.05, 0) is 0 Å². The summed E-state index contributed by atoms with van der Waals surface area (Å²) in [5.74, 6) is -6.14. The molecule has 0 spiro atoms. The van der Waals surface area contributed by atoms with Gasteiger partial charge in [-0.15, -0.1) is 0 Å². The second kappa shape index (κ2) is 11.6. The highest BCUT2D eigenvalue weighted by atomic mass is 16.6. The third-order valence-corrected chi connectivity index (χ3v) is 2.64. The second-order valence-corrected chi connectivity index (χ2v) is 4.71. The van der Waals surface area contributed by atoms with E-state index < -0.39 is 95.4 Å². The van der Waals surface area contributed by atoms with Gasteiger partial charge in [-0.25, -0.2) is 0 Å².